The number of rotatable bonds is 3. The van der Waals surface area contributed by atoms with Crippen molar-refractivity contribution in [3.8, 4) is 0 Å². The minimum atomic E-state index is -0.559. The lowest BCUT2D eigenvalue weighted by atomic mass is 10.2. The van der Waals surface area contributed by atoms with Crippen molar-refractivity contribution in [3.63, 3.8) is 0 Å². The fourth-order valence-corrected chi connectivity index (χ4v) is 1.68. The summed E-state index contributed by atoms with van der Waals surface area (Å²) in [6.45, 7) is 0.0473. The Hall–Kier alpha value is -2.63. The number of benzene rings is 1. The zero-order valence-corrected chi connectivity index (χ0v) is 10.9. The van der Waals surface area contributed by atoms with E-state index in [1.807, 2.05) is 0 Å². The van der Waals surface area contributed by atoms with E-state index in [9.17, 15) is 14.0 Å². The molecule has 5 nitrogen and oxygen atoms in total. The molecule has 2 amide bonds. The first-order valence-electron chi connectivity index (χ1n) is 6.02. The summed E-state index contributed by atoms with van der Waals surface area (Å²) in [5.74, 6) is -0.386. The third-order valence-corrected chi connectivity index (χ3v) is 2.77. The number of carbonyl (C=O) groups is 1. The van der Waals surface area contributed by atoms with Crippen LogP contribution in [0.4, 0.5) is 14.9 Å². The number of nitrogens with one attached hydrogen (secondary N) is 2. The van der Waals surface area contributed by atoms with Gasteiger partial charge < -0.3 is 15.2 Å². The topological polar surface area (TPSA) is 63.1 Å². The monoisotopic (exact) mass is 275 g/mol. The second kappa shape index (κ2) is 6.01. The molecule has 0 fully saturated rings. The number of nitrogens with zero attached hydrogens (tertiary/aromatic N) is 1. The molecule has 0 spiro atoms. The van der Waals surface area contributed by atoms with Crippen LogP contribution in [0.5, 0.6) is 0 Å². The zero-order valence-electron chi connectivity index (χ0n) is 10.9. The molecule has 1 aromatic carbocycles. The average molecular weight is 275 g/mol. The fourth-order valence-electron chi connectivity index (χ4n) is 1.68. The van der Waals surface area contributed by atoms with Crippen LogP contribution in [0.2, 0.25) is 0 Å². The molecule has 0 saturated heterocycles. The van der Waals surface area contributed by atoms with E-state index in [0.717, 1.165) is 0 Å². The Morgan fingerprint density at radius 2 is 2.00 bits per heavy atom. The van der Waals surface area contributed by atoms with Crippen molar-refractivity contribution in [1.29, 1.82) is 0 Å². The van der Waals surface area contributed by atoms with Gasteiger partial charge in [-0.05, 0) is 18.2 Å². The molecule has 104 valence electrons. The van der Waals surface area contributed by atoms with Crippen LogP contribution in [-0.2, 0) is 13.6 Å². The molecule has 2 N–H and O–H groups in total. The first-order valence-corrected chi connectivity index (χ1v) is 6.02. The van der Waals surface area contributed by atoms with E-state index < -0.39 is 6.03 Å². The predicted molar refractivity (Wildman–Crippen MR) is 73.9 cm³/mol. The highest BCUT2D eigenvalue weighted by molar-refractivity contribution is 5.88. The molecule has 0 radical (unpaired) electrons. The van der Waals surface area contributed by atoms with Gasteiger partial charge in [-0.3, -0.25) is 4.79 Å². The van der Waals surface area contributed by atoms with Gasteiger partial charge in [0.15, 0.2) is 0 Å². The minimum Gasteiger partial charge on any atom is -0.334 e. The largest absolute Gasteiger partial charge is 0.334 e. The average Bonchev–Trinajstić information content (AvgIpc) is 2.43. The Labute approximate surface area is 115 Å². The van der Waals surface area contributed by atoms with Crippen molar-refractivity contribution in [2.75, 3.05) is 5.32 Å². The van der Waals surface area contributed by atoms with Gasteiger partial charge in [0.25, 0.3) is 5.56 Å². The molecule has 0 saturated carbocycles. The zero-order chi connectivity index (χ0) is 14.5. The Kier molecular flexibility index (Phi) is 4.14. The van der Waals surface area contributed by atoms with Gasteiger partial charge in [-0.15, -0.1) is 0 Å². The van der Waals surface area contributed by atoms with Gasteiger partial charge in [-0.1, -0.05) is 18.2 Å². The molecule has 6 heteroatoms. The van der Waals surface area contributed by atoms with Crippen LogP contribution in [-0.4, -0.2) is 10.6 Å². The number of urea groups is 1. The number of halogens is 1. The summed E-state index contributed by atoms with van der Waals surface area (Å²) < 4.78 is 14.7. The molecule has 0 unspecified atom stereocenters. The standard InChI is InChI=1S/C14H14FN3O2/c1-18-8-4-7-12(13(18)19)17-14(20)16-9-10-5-2-3-6-11(10)15/h2-8H,9H2,1H3,(H2,16,17,20). The predicted octanol–water partition coefficient (Wildman–Crippen LogP) is 1.85. The summed E-state index contributed by atoms with van der Waals surface area (Å²) in [6.07, 6.45) is 1.59. The first-order chi connectivity index (χ1) is 9.58. The molecular weight excluding hydrogens is 261 g/mol. The lowest BCUT2D eigenvalue weighted by Crippen LogP contribution is -2.32. The van der Waals surface area contributed by atoms with E-state index in [4.69, 9.17) is 0 Å². The van der Waals surface area contributed by atoms with Crippen molar-refractivity contribution in [2.45, 2.75) is 6.54 Å². The number of hydrogen-bond donors (Lipinski definition) is 2. The lowest BCUT2D eigenvalue weighted by Gasteiger charge is -2.08. The Morgan fingerprint density at radius 3 is 2.75 bits per heavy atom. The molecule has 0 aliphatic carbocycles. The van der Waals surface area contributed by atoms with Gasteiger partial charge in [0.1, 0.15) is 11.5 Å². The number of hydrogen-bond acceptors (Lipinski definition) is 2. The molecule has 2 rings (SSSR count). The van der Waals surface area contributed by atoms with Crippen LogP contribution in [0.1, 0.15) is 5.56 Å². The van der Waals surface area contributed by atoms with E-state index in [1.54, 1.807) is 37.5 Å². The summed E-state index contributed by atoms with van der Waals surface area (Å²) in [7, 11) is 1.59. The van der Waals surface area contributed by atoms with Crippen molar-refractivity contribution in [1.82, 2.24) is 9.88 Å². The van der Waals surface area contributed by atoms with Crippen molar-refractivity contribution < 1.29 is 9.18 Å². The maximum absolute atomic E-state index is 13.4. The summed E-state index contributed by atoms with van der Waals surface area (Å²) >= 11 is 0. The number of aryl methyl sites for hydroxylation is 1. The highest BCUT2D eigenvalue weighted by Gasteiger charge is 2.07. The molecule has 0 atom stereocenters. The molecule has 2 aromatic rings. The van der Waals surface area contributed by atoms with Crippen molar-refractivity contribution in [3.05, 3.63) is 64.3 Å². The lowest BCUT2D eigenvalue weighted by molar-refractivity contribution is 0.251. The summed E-state index contributed by atoms with van der Waals surface area (Å²) in [5.41, 5.74) is 0.234. The summed E-state index contributed by atoms with van der Waals surface area (Å²) in [6, 6.07) is 8.76. The summed E-state index contributed by atoms with van der Waals surface area (Å²) in [4.78, 5) is 23.4. The van der Waals surface area contributed by atoms with Crippen LogP contribution >= 0.6 is 0 Å². The minimum absolute atomic E-state index is 0.0473. The van der Waals surface area contributed by atoms with E-state index in [1.165, 1.54) is 16.7 Å². The first kappa shape index (κ1) is 13.8. The fraction of sp³-hybridized carbons (Fsp3) is 0.143. The second-order valence-electron chi connectivity index (χ2n) is 4.24. The second-order valence-corrected chi connectivity index (χ2v) is 4.24. The molecule has 20 heavy (non-hydrogen) atoms. The highest BCUT2D eigenvalue weighted by atomic mass is 19.1. The smallest absolute Gasteiger partial charge is 0.319 e. The van der Waals surface area contributed by atoms with E-state index in [2.05, 4.69) is 10.6 Å². The molecule has 0 aliphatic rings. The summed E-state index contributed by atoms with van der Waals surface area (Å²) in [5, 5.41) is 4.93. The number of carbonyl (C=O) groups excluding carboxylic acids is 1. The van der Waals surface area contributed by atoms with Gasteiger partial charge in [0.2, 0.25) is 0 Å². The molecule has 1 aromatic heterocycles. The third-order valence-electron chi connectivity index (χ3n) is 2.77. The van der Waals surface area contributed by atoms with Gasteiger partial charge in [0.05, 0.1) is 0 Å². The number of anilines is 1. The number of amides is 2. The Morgan fingerprint density at radius 1 is 1.25 bits per heavy atom. The van der Waals surface area contributed by atoms with Crippen LogP contribution in [0.25, 0.3) is 0 Å². The van der Waals surface area contributed by atoms with Gasteiger partial charge >= 0.3 is 6.03 Å². The number of aromatic nitrogens is 1. The van der Waals surface area contributed by atoms with E-state index in [0.29, 0.717) is 5.56 Å². The third kappa shape index (κ3) is 3.23. The molecule has 0 bridgehead atoms. The van der Waals surface area contributed by atoms with E-state index >= 15 is 0 Å². The normalized spacial score (nSPS) is 10.1. The van der Waals surface area contributed by atoms with Crippen molar-refractivity contribution in [2.24, 2.45) is 7.05 Å². The molecular formula is C14H14FN3O2. The van der Waals surface area contributed by atoms with Gasteiger partial charge in [-0.2, -0.15) is 0 Å². The van der Waals surface area contributed by atoms with Gasteiger partial charge in [-0.25, -0.2) is 9.18 Å². The Balaban J connectivity index is 1.98. The van der Waals surface area contributed by atoms with Crippen LogP contribution in [0, 0.1) is 5.82 Å². The van der Waals surface area contributed by atoms with Crippen LogP contribution in [0.15, 0.2) is 47.4 Å². The maximum atomic E-state index is 13.4. The van der Waals surface area contributed by atoms with Crippen LogP contribution < -0.4 is 16.2 Å². The van der Waals surface area contributed by atoms with Crippen molar-refractivity contribution >= 4 is 11.7 Å². The quantitative estimate of drug-likeness (QED) is 0.898. The molecule has 1 heterocycles. The van der Waals surface area contributed by atoms with Gasteiger partial charge in [0, 0.05) is 25.4 Å². The Bertz CT molecular complexity index is 682. The number of pyridine rings is 1. The highest BCUT2D eigenvalue weighted by Crippen LogP contribution is 2.05. The maximum Gasteiger partial charge on any atom is 0.319 e. The van der Waals surface area contributed by atoms with E-state index in [-0.39, 0.29) is 23.6 Å². The van der Waals surface area contributed by atoms with Crippen LogP contribution in [0.3, 0.4) is 0 Å². The molecule has 0 aliphatic heterocycles. The SMILES string of the molecule is Cn1cccc(NC(=O)NCc2ccccc2F)c1=O.